The summed E-state index contributed by atoms with van der Waals surface area (Å²) < 4.78 is 31.3. The molecule has 28 heavy (non-hydrogen) atoms. The van der Waals surface area contributed by atoms with E-state index >= 15 is 0 Å². The van der Waals surface area contributed by atoms with E-state index in [0.717, 1.165) is 24.5 Å². The fourth-order valence-electron chi connectivity index (χ4n) is 2.40. The molecule has 2 rings (SSSR count). The number of halogens is 1. The Morgan fingerprint density at radius 3 is 2.61 bits per heavy atom. The molecule has 160 valence electrons. The summed E-state index contributed by atoms with van der Waals surface area (Å²) in [5, 5.41) is 6.45. The third-order valence-corrected chi connectivity index (χ3v) is 5.65. The second-order valence-electron chi connectivity index (χ2n) is 6.64. The number of guanidine groups is 1. The Kier molecular flexibility index (Phi) is 11.8. The molecule has 0 heterocycles. The molecule has 0 aliphatic heterocycles. The number of para-hydroxylation sites is 1. The predicted octanol–water partition coefficient (Wildman–Crippen LogP) is 2.48. The molecule has 3 N–H and O–H groups in total. The van der Waals surface area contributed by atoms with Gasteiger partial charge in [0.1, 0.15) is 5.75 Å². The van der Waals surface area contributed by atoms with Crippen molar-refractivity contribution in [1.29, 1.82) is 0 Å². The summed E-state index contributed by atoms with van der Waals surface area (Å²) in [4.78, 5) is 4.63. The number of sulfonamides is 1. The van der Waals surface area contributed by atoms with Gasteiger partial charge >= 0.3 is 0 Å². The van der Waals surface area contributed by atoms with E-state index < -0.39 is 10.0 Å². The molecule has 1 aliphatic rings. The number of hydrogen-bond donors (Lipinski definition) is 3. The smallest absolute Gasteiger partial charge is 0.211 e. The second-order valence-corrected chi connectivity index (χ2v) is 8.73. The molecular weight excluding hydrogens is 491 g/mol. The number of rotatable bonds is 12. The molecule has 0 aromatic heterocycles. The summed E-state index contributed by atoms with van der Waals surface area (Å²) in [7, 11) is -3.13. The van der Waals surface area contributed by atoms with E-state index in [4.69, 9.17) is 4.74 Å². The SMILES string of the molecule is CCNC(=NCc1ccccc1OCC1CC1)NCCCNS(=O)(=O)CC.I. The lowest BCUT2D eigenvalue weighted by atomic mass is 10.2. The normalized spacial score (nSPS) is 14.3. The standard InChI is InChI=1S/C19H32N4O3S.HI/c1-3-20-19(21-12-7-13-23-27(24,25)4-2)22-14-17-8-5-6-9-18(17)26-15-16-10-11-16;/h5-6,8-9,16,23H,3-4,7,10-15H2,1-2H3,(H2,20,21,22);1H. The molecule has 1 saturated carbocycles. The number of nitrogens with one attached hydrogen (secondary N) is 3. The third kappa shape index (κ3) is 9.92. The maximum Gasteiger partial charge on any atom is 0.211 e. The van der Waals surface area contributed by atoms with Crippen LogP contribution in [0.5, 0.6) is 5.75 Å². The van der Waals surface area contributed by atoms with E-state index in [9.17, 15) is 8.42 Å². The fraction of sp³-hybridized carbons (Fsp3) is 0.632. The van der Waals surface area contributed by atoms with Crippen LogP contribution >= 0.6 is 24.0 Å². The van der Waals surface area contributed by atoms with Gasteiger partial charge in [0.05, 0.1) is 18.9 Å². The van der Waals surface area contributed by atoms with Gasteiger partial charge in [-0.3, -0.25) is 0 Å². The fourth-order valence-corrected chi connectivity index (χ4v) is 3.06. The average molecular weight is 524 g/mol. The molecule has 1 aliphatic carbocycles. The van der Waals surface area contributed by atoms with Crippen molar-refractivity contribution >= 4 is 40.0 Å². The minimum absolute atomic E-state index is 0. The van der Waals surface area contributed by atoms with Gasteiger partial charge in [-0.05, 0) is 45.1 Å². The molecule has 7 nitrogen and oxygen atoms in total. The largest absolute Gasteiger partial charge is 0.493 e. The Morgan fingerprint density at radius 1 is 1.18 bits per heavy atom. The van der Waals surface area contributed by atoms with Crippen LogP contribution in [0.15, 0.2) is 29.3 Å². The molecule has 0 saturated heterocycles. The van der Waals surface area contributed by atoms with Gasteiger partial charge in [-0.2, -0.15) is 0 Å². The molecule has 9 heteroatoms. The van der Waals surface area contributed by atoms with Crippen LogP contribution in [-0.4, -0.2) is 46.4 Å². The van der Waals surface area contributed by atoms with Gasteiger partial charge in [-0.1, -0.05) is 18.2 Å². The van der Waals surface area contributed by atoms with E-state index in [1.165, 1.54) is 12.8 Å². The number of ether oxygens (including phenoxy) is 1. The number of aliphatic imine (C=N–C) groups is 1. The second kappa shape index (κ2) is 13.2. The Balaban J connectivity index is 0.00000392. The Hall–Kier alpha value is -1.07. The molecular formula is C19H33IN4O3S. The molecule has 0 unspecified atom stereocenters. The molecule has 1 aromatic carbocycles. The maximum absolute atomic E-state index is 11.4. The van der Waals surface area contributed by atoms with Crippen LogP contribution in [0.2, 0.25) is 0 Å². The molecule has 0 amide bonds. The van der Waals surface area contributed by atoms with Crippen LogP contribution in [0, 0.1) is 5.92 Å². The first-order valence-electron chi connectivity index (χ1n) is 9.74. The van der Waals surface area contributed by atoms with Gasteiger partial charge in [0.25, 0.3) is 0 Å². The van der Waals surface area contributed by atoms with Gasteiger partial charge in [-0.15, -0.1) is 24.0 Å². The summed E-state index contributed by atoms with van der Waals surface area (Å²) in [6.45, 7) is 6.76. The van der Waals surface area contributed by atoms with E-state index in [1.54, 1.807) is 6.92 Å². The Labute approximate surface area is 186 Å². The highest BCUT2D eigenvalue weighted by molar-refractivity contribution is 14.0. The van der Waals surface area contributed by atoms with Crippen molar-refractivity contribution in [2.75, 3.05) is 32.0 Å². The number of hydrogen-bond acceptors (Lipinski definition) is 4. The Bertz CT molecular complexity index is 709. The number of benzene rings is 1. The minimum Gasteiger partial charge on any atom is -0.493 e. The molecule has 0 spiro atoms. The van der Waals surface area contributed by atoms with Crippen LogP contribution in [0.4, 0.5) is 0 Å². The van der Waals surface area contributed by atoms with Gasteiger partial charge in [0.2, 0.25) is 10.0 Å². The molecule has 0 bridgehead atoms. The van der Waals surface area contributed by atoms with Gasteiger partial charge < -0.3 is 15.4 Å². The summed E-state index contributed by atoms with van der Waals surface area (Å²) in [6.07, 6.45) is 3.22. The molecule has 0 radical (unpaired) electrons. The van der Waals surface area contributed by atoms with Gasteiger partial charge in [0, 0.05) is 25.2 Å². The van der Waals surface area contributed by atoms with Crippen molar-refractivity contribution in [3.8, 4) is 5.75 Å². The van der Waals surface area contributed by atoms with Gasteiger partial charge in [0.15, 0.2) is 5.96 Å². The first-order valence-corrected chi connectivity index (χ1v) is 11.4. The van der Waals surface area contributed by atoms with Crippen LogP contribution in [0.3, 0.4) is 0 Å². The monoisotopic (exact) mass is 524 g/mol. The lowest BCUT2D eigenvalue weighted by molar-refractivity contribution is 0.297. The van der Waals surface area contributed by atoms with Crippen LogP contribution in [0.1, 0.15) is 38.7 Å². The number of nitrogens with zero attached hydrogens (tertiary/aromatic N) is 1. The Morgan fingerprint density at radius 2 is 1.93 bits per heavy atom. The van der Waals surface area contributed by atoms with E-state index in [0.29, 0.717) is 37.9 Å². The molecule has 1 fully saturated rings. The van der Waals surface area contributed by atoms with Crippen LogP contribution < -0.4 is 20.1 Å². The average Bonchev–Trinajstić information content (AvgIpc) is 3.49. The first-order chi connectivity index (χ1) is 13.0. The van der Waals surface area contributed by atoms with E-state index in [-0.39, 0.29) is 29.7 Å². The van der Waals surface area contributed by atoms with Gasteiger partial charge in [-0.25, -0.2) is 18.1 Å². The van der Waals surface area contributed by atoms with Crippen LogP contribution in [0.25, 0.3) is 0 Å². The lowest BCUT2D eigenvalue weighted by Gasteiger charge is -2.13. The van der Waals surface area contributed by atoms with Crippen molar-refractivity contribution in [3.63, 3.8) is 0 Å². The minimum atomic E-state index is -3.13. The zero-order valence-electron chi connectivity index (χ0n) is 16.7. The third-order valence-electron chi connectivity index (χ3n) is 4.24. The van der Waals surface area contributed by atoms with E-state index in [1.807, 2.05) is 31.2 Å². The highest BCUT2D eigenvalue weighted by atomic mass is 127. The first kappa shape index (κ1) is 25.0. The predicted molar refractivity (Wildman–Crippen MR) is 125 cm³/mol. The van der Waals surface area contributed by atoms with Crippen LogP contribution in [-0.2, 0) is 16.6 Å². The zero-order chi connectivity index (χ0) is 19.5. The summed E-state index contributed by atoms with van der Waals surface area (Å²) >= 11 is 0. The van der Waals surface area contributed by atoms with Crippen molar-refractivity contribution in [2.24, 2.45) is 10.9 Å². The molecule has 1 aromatic rings. The van der Waals surface area contributed by atoms with Crippen molar-refractivity contribution in [2.45, 2.75) is 39.7 Å². The quantitative estimate of drug-likeness (QED) is 0.169. The van der Waals surface area contributed by atoms with Crippen molar-refractivity contribution < 1.29 is 13.2 Å². The topological polar surface area (TPSA) is 91.8 Å². The summed E-state index contributed by atoms with van der Waals surface area (Å²) in [5.41, 5.74) is 1.06. The van der Waals surface area contributed by atoms with Crippen molar-refractivity contribution in [3.05, 3.63) is 29.8 Å². The zero-order valence-corrected chi connectivity index (χ0v) is 19.9. The van der Waals surface area contributed by atoms with E-state index in [2.05, 4.69) is 20.3 Å². The highest BCUT2D eigenvalue weighted by Gasteiger charge is 2.22. The highest BCUT2D eigenvalue weighted by Crippen LogP contribution is 2.30. The van der Waals surface area contributed by atoms with Crippen molar-refractivity contribution in [1.82, 2.24) is 15.4 Å². The summed E-state index contributed by atoms with van der Waals surface area (Å²) in [5.74, 6) is 2.43. The summed E-state index contributed by atoms with van der Waals surface area (Å²) in [6, 6.07) is 8.01. The maximum atomic E-state index is 11.4. The lowest BCUT2D eigenvalue weighted by Crippen LogP contribution is -2.38. The molecule has 0 atom stereocenters.